The van der Waals surface area contributed by atoms with E-state index in [9.17, 15) is 9.59 Å². The summed E-state index contributed by atoms with van der Waals surface area (Å²) in [5.41, 5.74) is 0.599. The minimum absolute atomic E-state index is 0.0675. The number of carbonyl (C=O) groups excluding carboxylic acids is 2. The van der Waals surface area contributed by atoms with Crippen molar-refractivity contribution in [3.8, 4) is 0 Å². The lowest BCUT2D eigenvalue weighted by molar-refractivity contribution is -0.136. The Morgan fingerprint density at radius 2 is 2.00 bits per heavy atom. The van der Waals surface area contributed by atoms with Gasteiger partial charge in [0.05, 0.1) is 7.11 Å². The Labute approximate surface area is 83.1 Å². The molecule has 0 aliphatic heterocycles. The van der Waals surface area contributed by atoms with Crippen LogP contribution in [-0.4, -0.2) is 18.9 Å². The Morgan fingerprint density at radius 1 is 1.36 bits per heavy atom. The molecule has 2 rings (SSSR count). The van der Waals surface area contributed by atoms with Crippen LogP contribution in [0.3, 0.4) is 0 Å². The van der Waals surface area contributed by atoms with Crippen molar-refractivity contribution in [2.45, 2.75) is 25.7 Å². The van der Waals surface area contributed by atoms with Gasteiger partial charge < -0.3 is 4.74 Å². The molecule has 0 unspecified atom stereocenters. The van der Waals surface area contributed by atoms with Gasteiger partial charge in [-0.2, -0.15) is 0 Å². The molecular formula is C11H14O3. The Kier molecular flexibility index (Phi) is 2.40. The summed E-state index contributed by atoms with van der Waals surface area (Å²) in [6.07, 6.45) is 5.60. The summed E-state index contributed by atoms with van der Waals surface area (Å²) in [5, 5.41) is 0. The predicted octanol–water partition coefficient (Wildman–Crippen LogP) is 1.47. The summed E-state index contributed by atoms with van der Waals surface area (Å²) in [4.78, 5) is 22.9. The van der Waals surface area contributed by atoms with Gasteiger partial charge in [-0.15, -0.1) is 0 Å². The average Bonchev–Trinajstić information content (AvgIpc) is 2.56. The zero-order valence-corrected chi connectivity index (χ0v) is 8.29. The van der Waals surface area contributed by atoms with E-state index in [4.69, 9.17) is 0 Å². The highest BCUT2D eigenvalue weighted by Crippen LogP contribution is 2.40. The minimum atomic E-state index is -0.326. The largest absolute Gasteiger partial charge is 0.466 e. The smallest absolute Gasteiger partial charge is 0.334 e. The number of carbonyl (C=O) groups is 2. The van der Waals surface area contributed by atoms with Gasteiger partial charge in [0.25, 0.3) is 0 Å². The van der Waals surface area contributed by atoms with E-state index < -0.39 is 0 Å². The van der Waals surface area contributed by atoms with Gasteiger partial charge >= 0.3 is 5.97 Å². The van der Waals surface area contributed by atoms with E-state index in [2.05, 4.69) is 4.74 Å². The number of hydrogen-bond donors (Lipinski definition) is 0. The number of esters is 1. The standard InChI is InChI=1S/C11H14O3/c1-14-11(13)9-6-10(12)8-5-3-2-4-7(8)9/h6-8H,2-5H2,1H3/t7-,8+/m0/s1. The fraction of sp³-hybridized carbons (Fsp3) is 0.636. The third-order valence-electron chi connectivity index (χ3n) is 3.25. The number of methoxy groups -OCH3 is 1. The minimum Gasteiger partial charge on any atom is -0.466 e. The summed E-state index contributed by atoms with van der Waals surface area (Å²) >= 11 is 0. The Morgan fingerprint density at radius 3 is 2.64 bits per heavy atom. The van der Waals surface area contributed by atoms with E-state index in [-0.39, 0.29) is 23.6 Å². The normalized spacial score (nSPS) is 30.9. The molecule has 14 heavy (non-hydrogen) atoms. The second-order valence-electron chi connectivity index (χ2n) is 3.99. The van der Waals surface area contributed by atoms with Crippen molar-refractivity contribution in [3.63, 3.8) is 0 Å². The van der Waals surface area contributed by atoms with Gasteiger partial charge in [-0.05, 0) is 18.9 Å². The van der Waals surface area contributed by atoms with E-state index in [1.54, 1.807) is 0 Å². The third-order valence-corrected chi connectivity index (χ3v) is 3.25. The highest BCUT2D eigenvalue weighted by molar-refractivity contribution is 6.05. The van der Waals surface area contributed by atoms with E-state index in [1.807, 2.05) is 0 Å². The lowest BCUT2D eigenvalue weighted by Gasteiger charge is -2.25. The molecule has 1 saturated carbocycles. The first-order chi connectivity index (χ1) is 6.74. The van der Waals surface area contributed by atoms with Crippen molar-refractivity contribution < 1.29 is 14.3 Å². The highest BCUT2D eigenvalue weighted by Gasteiger charge is 2.40. The molecular weight excluding hydrogens is 180 g/mol. The van der Waals surface area contributed by atoms with Crippen molar-refractivity contribution in [1.29, 1.82) is 0 Å². The van der Waals surface area contributed by atoms with Gasteiger partial charge in [0.15, 0.2) is 5.78 Å². The summed E-state index contributed by atoms with van der Waals surface area (Å²) < 4.78 is 4.67. The van der Waals surface area contributed by atoms with Crippen LogP contribution in [0.25, 0.3) is 0 Å². The first-order valence-electron chi connectivity index (χ1n) is 5.08. The molecule has 0 heterocycles. The van der Waals surface area contributed by atoms with E-state index in [1.165, 1.54) is 13.2 Å². The van der Waals surface area contributed by atoms with Crippen molar-refractivity contribution >= 4 is 11.8 Å². The Balaban J connectivity index is 2.22. The van der Waals surface area contributed by atoms with E-state index in [0.29, 0.717) is 5.57 Å². The quantitative estimate of drug-likeness (QED) is 0.594. The van der Waals surface area contributed by atoms with Gasteiger partial charge in [-0.3, -0.25) is 4.79 Å². The average molecular weight is 194 g/mol. The number of rotatable bonds is 1. The summed E-state index contributed by atoms with van der Waals surface area (Å²) in [5.74, 6) is 0.00407. The first-order valence-corrected chi connectivity index (χ1v) is 5.08. The maximum absolute atomic E-state index is 11.6. The van der Waals surface area contributed by atoms with Crippen LogP contribution in [-0.2, 0) is 14.3 Å². The van der Waals surface area contributed by atoms with Crippen LogP contribution in [0.15, 0.2) is 11.6 Å². The molecule has 0 saturated heterocycles. The number of fused-ring (bicyclic) bond motifs is 1. The number of hydrogen-bond acceptors (Lipinski definition) is 3. The first kappa shape index (κ1) is 9.44. The fourth-order valence-electron chi connectivity index (χ4n) is 2.54. The van der Waals surface area contributed by atoms with Crippen LogP contribution in [0.4, 0.5) is 0 Å². The van der Waals surface area contributed by atoms with Crippen LogP contribution in [0.5, 0.6) is 0 Å². The molecule has 0 aromatic rings. The molecule has 0 bridgehead atoms. The van der Waals surface area contributed by atoms with Gasteiger partial charge in [-0.25, -0.2) is 4.79 Å². The summed E-state index contributed by atoms with van der Waals surface area (Å²) in [6, 6.07) is 0. The molecule has 3 heteroatoms. The van der Waals surface area contributed by atoms with E-state index in [0.717, 1.165) is 25.7 Å². The highest BCUT2D eigenvalue weighted by atomic mass is 16.5. The maximum Gasteiger partial charge on any atom is 0.334 e. The fourth-order valence-corrected chi connectivity index (χ4v) is 2.54. The Hall–Kier alpha value is -1.12. The molecule has 2 aliphatic carbocycles. The lowest BCUT2D eigenvalue weighted by Crippen LogP contribution is -2.23. The zero-order valence-electron chi connectivity index (χ0n) is 8.29. The summed E-state index contributed by atoms with van der Waals surface area (Å²) in [7, 11) is 1.36. The zero-order chi connectivity index (χ0) is 10.1. The van der Waals surface area contributed by atoms with E-state index >= 15 is 0 Å². The molecule has 0 aromatic heterocycles. The topological polar surface area (TPSA) is 43.4 Å². The monoisotopic (exact) mass is 194 g/mol. The van der Waals surface area contributed by atoms with Gasteiger partial charge in [-0.1, -0.05) is 12.8 Å². The molecule has 0 spiro atoms. The molecule has 76 valence electrons. The van der Waals surface area contributed by atoms with Crippen LogP contribution in [0.1, 0.15) is 25.7 Å². The van der Waals surface area contributed by atoms with Crippen LogP contribution >= 0.6 is 0 Å². The van der Waals surface area contributed by atoms with Crippen molar-refractivity contribution in [3.05, 3.63) is 11.6 Å². The molecule has 0 amide bonds. The van der Waals surface area contributed by atoms with Gasteiger partial charge in [0, 0.05) is 17.4 Å². The second-order valence-corrected chi connectivity index (χ2v) is 3.99. The van der Waals surface area contributed by atoms with Gasteiger partial charge in [0.1, 0.15) is 0 Å². The predicted molar refractivity (Wildman–Crippen MR) is 50.6 cm³/mol. The number of allylic oxidation sites excluding steroid dienone is 1. The van der Waals surface area contributed by atoms with Crippen LogP contribution in [0.2, 0.25) is 0 Å². The van der Waals surface area contributed by atoms with Crippen molar-refractivity contribution in [1.82, 2.24) is 0 Å². The molecule has 0 N–H and O–H groups in total. The molecule has 2 aliphatic rings. The number of ketones is 1. The number of ether oxygens (including phenoxy) is 1. The Bertz CT molecular complexity index is 304. The summed E-state index contributed by atoms with van der Waals surface area (Å²) in [6.45, 7) is 0. The molecule has 0 aromatic carbocycles. The third kappa shape index (κ3) is 1.37. The SMILES string of the molecule is COC(=O)C1=CC(=O)[C@@H]2CCCC[C@H]12. The van der Waals surface area contributed by atoms with Crippen LogP contribution in [0, 0.1) is 11.8 Å². The van der Waals surface area contributed by atoms with Crippen molar-refractivity contribution in [2.75, 3.05) is 7.11 Å². The van der Waals surface area contributed by atoms with Crippen molar-refractivity contribution in [2.24, 2.45) is 11.8 Å². The molecule has 2 atom stereocenters. The molecule has 3 nitrogen and oxygen atoms in total. The lowest BCUT2D eigenvalue weighted by atomic mass is 9.78. The molecule has 0 radical (unpaired) electrons. The second kappa shape index (κ2) is 3.56. The van der Waals surface area contributed by atoms with Crippen LogP contribution < -0.4 is 0 Å². The molecule has 1 fully saturated rings. The van der Waals surface area contributed by atoms with Gasteiger partial charge in [0.2, 0.25) is 0 Å². The maximum atomic E-state index is 11.6.